The first-order chi connectivity index (χ1) is 27.3. The van der Waals surface area contributed by atoms with Gasteiger partial charge in [0.1, 0.15) is 0 Å². The molecule has 5 heterocycles. The van der Waals surface area contributed by atoms with Gasteiger partial charge in [-0.3, -0.25) is 0 Å². The summed E-state index contributed by atoms with van der Waals surface area (Å²) in [5.74, 6) is 0.742. The lowest BCUT2D eigenvalue weighted by atomic mass is 10.0. The fraction of sp³-hybridized carbons (Fsp3) is 0. The highest BCUT2D eigenvalue weighted by Crippen LogP contribution is 2.48. The number of nitrogens with zero attached hydrogens (tertiary/aromatic N) is 4. The fourth-order valence-electron chi connectivity index (χ4n) is 9.30. The number of hydrogen-bond acceptors (Lipinski definition) is 3. The van der Waals surface area contributed by atoms with Gasteiger partial charge < -0.3 is 8.97 Å². The van der Waals surface area contributed by atoms with E-state index in [0.29, 0.717) is 0 Å². The van der Waals surface area contributed by atoms with Crippen LogP contribution in [-0.2, 0) is 0 Å². The summed E-state index contributed by atoms with van der Waals surface area (Å²) in [7, 11) is 0. The molecule has 13 aromatic rings. The van der Waals surface area contributed by atoms with E-state index in [0.717, 1.165) is 38.5 Å². The Morgan fingerprint density at radius 3 is 1.95 bits per heavy atom. The summed E-state index contributed by atoms with van der Waals surface area (Å²) in [6.45, 7) is 0. The van der Waals surface area contributed by atoms with Crippen LogP contribution in [-0.4, -0.2) is 18.9 Å². The zero-order valence-electron chi connectivity index (χ0n) is 29.4. The summed E-state index contributed by atoms with van der Waals surface area (Å²) in [6.07, 6.45) is 0. The van der Waals surface area contributed by atoms with E-state index in [9.17, 15) is 0 Å². The van der Waals surface area contributed by atoms with Gasteiger partial charge in [0.15, 0.2) is 5.82 Å². The molecule has 0 bridgehead atoms. The topological polar surface area (TPSA) is 35.1 Å². The predicted molar refractivity (Wildman–Crippen MR) is 232 cm³/mol. The first-order valence-corrected chi connectivity index (χ1v) is 19.5. The number of rotatable bonds is 3. The molecule has 0 spiro atoms. The Hall–Kier alpha value is -7.08. The van der Waals surface area contributed by atoms with Crippen LogP contribution in [0.15, 0.2) is 170 Å². The molecule has 4 nitrogen and oxygen atoms in total. The highest BCUT2D eigenvalue weighted by atomic mass is 32.1. The lowest BCUT2D eigenvalue weighted by Gasteiger charge is -2.11. The van der Waals surface area contributed by atoms with Crippen molar-refractivity contribution in [1.82, 2.24) is 18.9 Å². The van der Waals surface area contributed by atoms with E-state index in [1.165, 1.54) is 80.8 Å². The van der Waals surface area contributed by atoms with Crippen molar-refractivity contribution in [3.63, 3.8) is 0 Å². The van der Waals surface area contributed by atoms with E-state index in [4.69, 9.17) is 9.97 Å². The van der Waals surface area contributed by atoms with Crippen molar-refractivity contribution in [2.45, 2.75) is 0 Å². The molecule has 0 amide bonds. The number of hydrogen-bond donors (Lipinski definition) is 0. The van der Waals surface area contributed by atoms with E-state index in [-0.39, 0.29) is 0 Å². The minimum absolute atomic E-state index is 0.742. The molecule has 13 rings (SSSR count). The summed E-state index contributed by atoms with van der Waals surface area (Å²) in [5, 5.41) is 11.3. The van der Waals surface area contributed by atoms with Crippen molar-refractivity contribution < 1.29 is 0 Å². The van der Waals surface area contributed by atoms with E-state index >= 15 is 0 Å². The standard InChI is InChI=1S/C50H28N4S/c1-2-13-31(14-3-1)50-51-44(49-45(52-50)36-18-8-11-21-42(36)55-49)30-22-25-32(26-23-30)53-40-19-9-6-16-34(40)38-28-39-35-17-7-10-20-41(35)54-46-33-15-5-4-12-29(33)24-27-37(46)43(47(38)53)48(39)54/h1-28H. The van der Waals surface area contributed by atoms with Crippen LogP contribution in [0.5, 0.6) is 0 Å². The van der Waals surface area contributed by atoms with Crippen molar-refractivity contribution >= 4 is 102 Å². The Balaban J connectivity index is 1.11. The van der Waals surface area contributed by atoms with Crippen LogP contribution in [0.4, 0.5) is 0 Å². The molecule has 5 aromatic heterocycles. The maximum atomic E-state index is 5.26. The van der Waals surface area contributed by atoms with Gasteiger partial charge in [-0.1, -0.05) is 133 Å². The van der Waals surface area contributed by atoms with Crippen molar-refractivity contribution in [2.75, 3.05) is 0 Å². The fourth-order valence-corrected chi connectivity index (χ4v) is 10.4. The highest BCUT2D eigenvalue weighted by molar-refractivity contribution is 7.26. The van der Waals surface area contributed by atoms with Gasteiger partial charge in [-0.05, 0) is 41.8 Å². The smallest absolute Gasteiger partial charge is 0.160 e. The van der Waals surface area contributed by atoms with Gasteiger partial charge in [-0.15, -0.1) is 11.3 Å². The molecular weight excluding hydrogens is 689 g/mol. The van der Waals surface area contributed by atoms with Crippen LogP contribution in [0.1, 0.15) is 0 Å². The summed E-state index contributed by atoms with van der Waals surface area (Å²) in [4.78, 5) is 10.4. The number of fused-ring (bicyclic) bond motifs is 15. The van der Waals surface area contributed by atoms with Crippen molar-refractivity contribution in [3.8, 4) is 28.3 Å². The van der Waals surface area contributed by atoms with Crippen molar-refractivity contribution in [1.29, 1.82) is 0 Å². The minimum atomic E-state index is 0.742. The first kappa shape index (κ1) is 29.4. The Labute approximate surface area is 318 Å². The Morgan fingerprint density at radius 1 is 0.436 bits per heavy atom. The zero-order valence-corrected chi connectivity index (χ0v) is 30.2. The molecule has 5 heteroatoms. The molecule has 0 atom stereocenters. The molecule has 0 aliphatic carbocycles. The van der Waals surface area contributed by atoms with Gasteiger partial charge in [0, 0.05) is 64.6 Å². The summed E-state index contributed by atoms with van der Waals surface area (Å²) in [6, 6.07) is 61.5. The van der Waals surface area contributed by atoms with Crippen LogP contribution in [0.2, 0.25) is 0 Å². The van der Waals surface area contributed by atoms with Crippen LogP contribution < -0.4 is 0 Å². The molecule has 0 fully saturated rings. The lowest BCUT2D eigenvalue weighted by molar-refractivity contribution is 1.18. The summed E-state index contributed by atoms with van der Waals surface area (Å²) in [5.41, 5.74) is 11.4. The molecule has 254 valence electrons. The molecular formula is C50H28N4S. The van der Waals surface area contributed by atoms with Gasteiger partial charge in [0.25, 0.3) is 0 Å². The van der Waals surface area contributed by atoms with E-state index in [1.807, 2.05) is 18.2 Å². The molecule has 0 aliphatic heterocycles. The Morgan fingerprint density at radius 2 is 1.11 bits per heavy atom. The molecule has 8 aromatic carbocycles. The molecule has 0 saturated carbocycles. The number of aromatic nitrogens is 4. The third-order valence-electron chi connectivity index (χ3n) is 11.6. The average molecular weight is 717 g/mol. The van der Waals surface area contributed by atoms with Gasteiger partial charge in [0.05, 0.1) is 43.5 Å². The SMILES string of the molecule is c1ccc(-c2nc(-c3ccc(-n4c5ccccc5c5cc6c7ccccc7n7c8c9ccccc9ccc8c(c54)c67)cc3)c3sc4ccccc4c3n2)cc1. The van der Waals surface area contributed by atoms with Crippen molar-refractivity contribution in [2.24, 2.45) is 0 Å². The van der Waals surface area contributed by atoms with Crippen molar-refractivity contribution in [3.05, 3.63) is 170 Å². The second-order valence-corrected chi connectivity index (χ2v) is 15.6. The number of thiophene rings is 1. The largest absolute Gasteiger partial charge is 0.309 e. The maximum absolute atomic E-state index is 5.26. The molecule has 0 aliphatic rings. The Bertz CT molecular complexity index is 3700. The molecule has 0 radical (unpaired) electrons. The maximum Gasteiger partial charge on any atom is 0.160 e. The van der Waals surface area contributed by atoms with E-state index in [1.54, 1.807) is 11.3 Å². The zero-order chi connectivity index (χ0) is 35.8. The summed E-state index contributed by atoms with van der Waals surface area (Å²) < 4.78 is 7.34. The van der Waals surface area contributed by atoms with Crippen LogP contribution in [0.3, 0.4) is 0 Å². The molecule has 0 unspecified atom stereocenters. The monoisotopic (exact) mass is 716 g/mol. The predicted octanol–water partition coefficient (Wildman–Crippen LogP) is 13.6. The second-order valence-electron chi connectivity index (χ2n) is 14.5. The quantitative estimate of drug-likeness (QED) is 0.182. The van der Waals surface area contributed by atoms with Gasteiger partial charge in [-0.25, -0.2) is 9.97 Å². The number of para-hydroxylation sites is 2. The summed E-state index contributed by atoms with van der Waals surface area (Å²) >= 11 is 1.77. The second kappa shape index (κ2) is 10.8. The molecule has 0 N–H and O–H groups in total. The van der Waals surface area contributed by atoms with Gasteiger partial charge in [-0.2, -0.15) is 0 Å². The van der Waals surface area contributed by atoms with Gasteiger partial charge >= 0.3 is 0 Å². The van der Waals surface area contributed by atoms with E-state index < -0.39 is 0 Å². The normalized spacial score (nSPS) is 12.4. The molecule has 0 saturated heterocycles. The number of benzene rings is 8. The van der Waals surface area contributed by atoms with Crippen LogP contribution >= 0.6 is 11.3 Å². The molecule has 55 heavy (non-hydrogen) atoms. The Kier molecular flexibility index (Phi) is 5.74. The van der Waals surface area contributed by atoms with E-state index in [2.05, 4.69) is 161 Å². The van der Waals surface area contributed by atoms with Crippen LogP contribution in [0, 0.1) is 0 Å². The minimum Gasteiger partial charge on any atom is -0.309 e. The highest BCUT2D eigenvalue weighted by Gasteiger charge is 2.25. The van der Waals surface area contributed by atoms with Gasteiger partial charge in [0.2, 0.25) is 0 Å². The van der Waals surface area contributed by atoms with Crippen LogP contribution in [0.25, 0.3) is 119 Å². The first-order valence-electron chi connectivity index (χ1n) is 18.7. The lowest BCUT2D eigenvalue weighted by Crippen LogP contribution is -1.96. The average Bonchev–Trinajstić information content (AvgIpc) is 3.99. The third-order valence-corrected chi connectivity index (χ3v) is 12.8. The third kappa shape index (κ3) is 3.89.